The molecule has 0 unspecified atom stereocenters. The Morgan fingerprint density at radius 1 is 1.44 bits per heavy atom. The van der Waals surface area contributed by atoms with Crippen LogP contribution in [0.3, 0.4) is 0 Å². The van der Waals surface area contributed by atoms with E-state index in [0.717, 1.165) is 16.5 Å². The van der Waals surface area contributed by atoms with Crippen molar-refractivity contribution in [3.63, 3.8) is 0 Å². The minimum Gasteiger partial charge on any atom is -0.463 e. The van der Waals surface area contributed by atoms with Gasteiger partial charge in [0.05, 0.1) is 13.7 Å². The summed E-state index contributed by atoms with van der Waals surface area (Å²) < 4.78 is 9.97. The Balaban J connectivity index is 2.61. The first kappa shape index (κ1) is 10.7. The summed E-state index contributed by atoms with van der Waals surface area (Å²) in [7, 11) is 1.31. The maximum atomic E-state index is 11.3. The Hall–Kier alpha value is -1.81. The zero-order valence-electron chi connectivity index (χ0n) is 9.11. The van der Waals surface area contributed by atoms with Crippen LogP contribution in [0.5, 0.6) is 0 Å². The van der Waals surface area contributed by atoms with E-state index in [-0.39, 0.29) is 12.4 Å². The van der Waals surface area contributed by atoms with Crippen molar-refractivity contribution in [3.8, 4) is 0 Å². The zero-order chi connectivity index (χ0) is 11.7. The predicted molar refractivity (Wildman–Crippen MR) is 58.2 cm³/mol. The van der Waals surface area contributed by atoms with Crippen LogP contribution >= 0.6 is 0 Å². The summed E-state index contributed by atoms with van der Waals surface area (Å²) in [6.45, 7) is 1.83. The van der Waals surface area contributed by atoms with E-state index in [9.17, 15) is 4.79 Å². The highest BCUT2D eigenvalue weighted by Gasteiger charge is 2.14. The Morgan fingerprint density at radius 2 is 2.19 bits per heavy atom. The van der Waals surface area contributed by atoms with Gasteiger partial charge in [0.15, 0.2) is 0 Å². The number of furan rings is 1. The summed E-state index contributed by atoms with van der Waals surface area (Å²) in [5.41, 5.74) is 2.33. The van der Waals surface area contributed by atoms with E-state index in [4.69, 9.17) is 9.52 Å². The van der Waals surface area contributed by atoms with E-state index in [1.54, 1.807) is 12.1 Å². The van der Waals surface area contributed by atoms with Gasteiger partial charge in [-0.25, -0.2) is 4.79 Å². The smallest absolute Gasteiger partial charge is 0.373 e. The van der Waals surface area contributed by atoms with E-state index in [1.165, 1.54) is 7.11 Å². The monoisotopic (exact) mass is 220 g/mol. The molecule has 0 radical (unpaired) electrons. The molecule has 2 rings (SSSR count). The maximum Gasteiger partial charge on any atom is 0.373 e. The van der Waals surface area contributed by atoms with Gasteiger partial charge in [0, 0.05) is 5.39 Å². The van der Waals surface area contributed by atoms with Crippen molar-refractivity contribution < 1.29 is 19.1 Å². The third-order valence-electron chi connectivity index (χ3n) is 2.43. The van der Waals surface area contributed by atoms with E-state index in [1.807, 2.05) is 13.0 Å². The van der Waals surface area contributed by atoms with E-state index >= 15 is 0 Å². The van der Waals surface area contributed by atoms with Gasteiger partial charge in [-0.05, 0) is 30.2 Å². The van der Waals surface area contributed by atoms with Gasteiger partial charge in [-0.2, -0.15) is 0 Å². The molecule has 0 saturated carbocycles. The standard InChI is InChI=1S/C12H12O4/c1-7-3-8(6-13)4-9-5-10(12(14)15-2)16-11(7)9/h3-5,13H,6H2,1-2H3. The molecular weight excluding hydrogens is 208 g/mol. The molecule has 0 spiro atoms. The number of aryl methyl sites for hydroxylation is 1. The summed E-state index contributed by atoms with van der Waals surface area (Å²) in [6.07, 6.45) is 0. The fourth-order valence-electron chi connectivity index (χ4n) is 1.70. The van der Waals surface area contributed by atoms with E-state index in [2.05, 4.69) is 4.74 Å². The number of carbonyl (C=O) groups excluding carboxylic acids is 1. The minimum absolute atomic E-state index is 0.0322. The van der Waals surface area contributed by atoms with Crippen LogP contribution < -0.4 is 0 Å². The van der Waals surface area contributed by atoms with Crippen LogP contribution in [0, 0.1) is 6.92 Å². The molecule has 4 heteroatoms. The Kier molecular flexibility index (Phi) is 2.66. The Bertz CT molecular complexity index is 539. The van der Waals surface area contributed by atoms with Crippen LogP contribution in [-0.4, -0.2) is 18.2 Å². The van der Waals surface area contributed by atoms with Crippen LogP contribution in [0.15, 0.2) is 22.6 Å². The fourth-order valence-corrected chi connectivity index (χ4v) is 1.70. The largest absolute Gasteiger partial charge is 0.463 e. The Labute approximate surface area is 92.4 Å². The topological polar surface area (TPSA) is 59.7 Å². The van der Waals surface area contributed by atoms with Crippen LogP contribution in [0.4, 0.5) is 0 Å². The lowest BCUT2D eigenvalue weighted by molar-refractivity contribution is 0.0567. The van der Waals surface area contributed by atoms with Crippen molar-refractivity contribution >= 4 is 16.9 Å². The number of benzene rings is 1. The molecule has 0 atom stereocenters. The van der Waals surface area contributed by atoms with Crippen LogP contribution in [0.1, 0.15) is 21.7 Å². The van der Waals surface area contributed by atoms with E-state index in [0.29, 0.717) is 5.58 Å². The van der Waals surface area contributed by atoms with Crippen molar-refractivity contribution in [1.29, 1.82) is 0 Å². The number of methoxy groups -OCH3 is 1. The first-order valence-corrected chi connectivity index (χ1v) is 4.88. The second-order valence-corrected chi connectivity index (χ2v) is 3.59. The molecule has 2 aromatic rings. The number of carbonyl (C=O) groups is 1. The van der Waals surface area contributed by atoms with Gasteiger partial charge in [0.1, 0.15) is 5.58 Å². The zero-order valence-corrected chi connectivity index (χ0v) is 9.11. The number of rotatable bonds is 2. The highest BCUT2D eigenvalue weighted by molar-refractivity contribution is 5.93. The summed E-state index contributed by atoms with van der Waals surface area (Å²) in [6, 6.07) is 5.23. The summed E-state index contributed by atoms with van der Waals surface area (Å²) in [5.74, 6) is -0.322. The molecule has 0 aliphatic rings. The highest BCUT2D eigenvalue weighted by atomic mass is 16.5. The second-order valence-electron chi connectivity index (χ2n) is 3.59. The van der Waals surface area contributed by atoms with Crippen molar-refractivity contribution in [3.05, 3.63) is 35.1 Å². The van der Waals surface area contributed by atoms with Crippen molar-refractivity contribution in [2.45, 2.75) is 13.5 Å². The molecule has 84 valence electrons. The number of esters is 1. The molecule has 0 fully saturated rings. The number of ether oxygens (including phenoxy) is 1. The fraction of sp³-hybridized carbons (Fsp3) is 0.250. The van der Waals surface area contributed by atoms with Gasteiger partial charge in [-0.3, -0.25) is 0 Å². The Morgan fingerprint density at radius 3 is 2.81 bits per heavy atom. The van der Waals surface area contributed by atoms with Gasteiger partial charge in [0.2, 0.25) is 5.76 Å². The summed E-state index contributed by atoms with van der Waals surface area (Å²) in [5, 5.41) is 9.86. The van der Waals surface area contributed by atoms with Crippen molar-refractivity contribution in [2.24, 2.45) is 0 Å². The number of hydrogen-bond donors (Lipinski definition) is 1. The van der Waals surface area contributed by atoms with Gasteiger partial charge in [0.25, 0.3) is 0 Å². The van der Waals surface area contributed by atoms with Gasteiger partial charge in [-0.15, -0.1) is 0 Å². The van der Waals surface area contributed by atoms with Crippen molar-refractivity contribution in [1.82, 2.24) is 0 Å². The average molecular weight is 220 g/mol. The minimum atomic E-state index is -0.499. The molecular formula is C12H12O4. The highest BCUT2D eigenvalue weighted by Crippen LogP contribution is 2.25. The molecule has 4 nitrogen and oxygen atoms in total. The first-order valence-electron chi connectivity index (χ1n) is 4.88. The normalized spacial score (nSPS) is 10.7. The lowest BCUT2D eigenvalue weighted by Crippen LogP contribution is -1.97. The molecule has 0 aliphatic heterocycles. The number of hydrogen-bond acceptors (Lipinski definition) is 4. The molecule has 0 bridgehead atoms. The summed E-state index contributed by atoms with van der Waals surface area (Å²) >= 11 is 0. The van der Waals surface area contributed by atoms with Gasteiger partial charge in [-0.1, -0.05) is 6.07 Å². The molecule has 0 saturated heterocycles. The predicted octanol–water partition coefficient (Wildman–Crippen LogP) is 2.02. The number of aliphatic hydroxyl groups is 1. The van der Waals surface area contributed by atoms with Crippen LogP contribution in [0.25, 0.3) is 11.0 Å². The average Bonchev–Trinajstić information content (AvgIpc) is 2.72. The molecule has 0 aliphatic carbocycles. The quantitative estimate of drug-likeness (QED) is 0.786. The van der Waals surface area contributed by atoms with Crippen LogP contribution in [-0.2, 0) is 11.3 Å². The number of aliphatic hydroxyl groups excluding tert-OH is 1. The lowest BCUT2D eigenvalue weighted by atomic mass is 10.1. The van der Waals surface area contributed by atoms with Gasteiger partial charge < -0.3 is 14.3 Å². The van der Waals surface area contributed by atoms with E-state index < -0.39 is 5.97 Å². The van der Waals surface area contributed by atoms with Crippen LogP contribution in [0.2, 0.25) is 0 Å². The molecule has 16 heavy (non-hydrogen) atoms. The molecule has 1 aromatic heterocycles. The first-order chi connectivity index (χ1) is 7.65. The molecule has 1 heterocycles. The molecule has 1 aromatic carbocycles. The maximum absolute atomic E-state index is 11.3. The third kappa shape index (κ3) is 1.67. The third-order valence-corrected chi connectivity index (χ3v) is 2.43. The summed E-state index contributed by atoms with van der Waals surface area (Å²) in [4.78, 5) is 11.3. The lowest BCUT2D eigenvalue weighted by Gasteiger charge is -1.98. The van der Waals surface area contributed by atoms with Gasteiger partial charge >= 0.3 is 5.97 Å². The molecule has 0 amide bonds. The SMILES string of the molecule is COC(=O)c1cc2cc(CO)cc(C)c2o1. The van der Waals surface area contributed by atoms with Crippen molar-refractivity contribution in [2.75, 3.05) is 7.11 Å². The second kappa shape index (κ2) is 3.98. The molecule has 1 N–H and O–H groups in total. The number of fused-ring (bicyclic) bond motifs is 1.